The van der Waals surface area contributed by atoms with Crippen LogP contribution in [-0.4, -0.2) is 46.9 Å². The summed E-state index contributed by atoms with van der Waals surface area (Å²) >= 11 is 0. The molecular formula is C29H31N3O4. The summed E-state index contributed by atoms with van der Waals surface area (Å²) in [4.78, 5) is 19.7. The van der Waals surface area contributed by atoms with Crippen molar-refractivity contribution < 1.29 is 19.4 Å². The van der Waals surface area contributed by atoms with Gasteiger partial charge in [0.2, 0.25) is 5.91 Å². The molecule has 0 radical (unpaired) electrons. The van der Waals surface area contributed by atoms with Crippen molar-refractivity contribution in [1.29, 1.82) is 0 Å². The molecule has 1 aromatic heterocycles. The lowest BCUT2D eigenvalue weighted by Crippen LogP contribution is -2.26. The number of hydrogen-bond acceptors (Lipinski definition) is 5. The second-order valence-electron chi connectivity index (χ2n) is 9.46. The predicted octanol–water partition coefficient (Wildman–Crippen LogP) is 4.62. The van der Waals surface area contributed by atoms with Crippen molar-refractivity contribution in [2.45, 2.75) is 38.8 Å². The number of para-hydroxylation sites is 2. The molecule has 0 saturated carbocycles. The zero-order chi connectivity index (χ0) is 25.2. The monoisotopic (exact) mass is 485 g/mol. The van der Waals surface area contributed by atoms with Crippen LogP contribution >= 0.6 is 0 Å². The van der Waals surface area contributed by atoms with E-state index in [9.17, 15) is 9.90 Å². The highest BCUT2D eigenvalue weighted by Crippen LogP contribution is 2.34. The van der Waals surface area contributed by atoms with Crippen LogP contribution in [0.2, 0.25) is 0 Å². The Kier molecular flexibility index (Phi) is 6.65. The first-order valence-electron chi connectivity index (χ1n) is 12.2. The highest BCUT2D eigenvalue weighted by atomic mass is 16.5. The lowest BCUT2D eigenvalue weighted by molar-refractivity contribution is -0.117. The normalized spacial score (nSPS) is 16.5. The highest BCUT2D eigenvalue weighted by Gasteiger charge is 2.35. The molecule has 186 valence electrons. The van der Waals surface area contributed by atoms with Crippen LogP contribution in [-0.2, 0) is 11.3 Å². The van der Waals surface area contributed by atoms with Crippen LogP contribution in [0.4, 0.5) is 5.69 Å². The highest BCUT2D eigenvalue weighted by molar-refractivity contribution is 5.96. The second-order valence-corrected chi connectivity index (χ2v) is 9.46. The van der Waals surface area contributed by atoms with E-state index < -0.39 is 6.10 Å². The average Bonchev–Trinajstić information content (AvgIpc) is 3.43. The van der Waals surface area contributed by atoms with E-state index in [0.29, 0.717) is 19.5 Å². The largest absolute Gasteiger partial charge is 0.497 e. The molecule has 7 heteroatoms. The number of nitrogens with zero attached hydrogens (tertiary/aromatic N) is 3. The number of imidazole rings is 1. The number of ether oxygens (including phenoxy) is 2. The number of aryl methyl sites for hydroxylation is 2. The molecule has 5 rings (SSSR count). The van der Waals surface area contributed by atoms with Crippen molar-refractivity contribution >= 4 is 22.6 Å². The number of carbonyl (C=O) groups is 1. The van der Waals surface area contributed by atoms with Crippen LogP contribution in [0.15, 0.2) is 66.7 Å². The predicted molar refractivity (Wildman–Crippen MR) is 140 cm³/mol. The maximum atomic E-state index is 13.0. The summed E-state index contributed by atoms with van der Waals surface area (Å²) in [5.74, 6) is 2.28. The van der Waals surface area contributed by atoms with Crippen molar-refractivity contribution in [3.8, 4) is 11.5 Å². The molecule has 1 fully saturated rings. The number of aliphatic hydroxyl groups is 1. The van der Waals surface area contributed by atoms with Gasteiger partial charge in [-0.05, 0) is 73.5 Å². The second kappa shape index (κ2) is 10.0. The van der Waals surface area contributed by atoms with Gasteiger partial charge in [-0.1, -0.05) is 18.2 Å². The Morgan fingerprint density at radius 2 is 1.75 bits per heavy atom. The van der Waals surface area contributed by atoms with Gasteiger partial charge in [0.15, 0.2) is 0 Å². The molecule has 1 saturated heterocycles. The number of amides is 1. The Morgan fingerprint density at radius 3 is 2.47 bits per heavy atom. The molecule has 4 aromatic rings. The van der Waals surface area contributed by atoms with Gasteiger partial charge in [-0.3, -0.25) is 4.79 Å². The van der Waals surface area contributed by atoms with E-state index in [4.69, 9.17) is 14.5 Å². The van der Waals surface area contributed by atoms with E-state index in [1.54, 1.807) is 12.0 Å². The molecule has 2 heterocycles. The Morgan fingerprint density at radius 1 is 1.03 bits per heavy atom. The van der Waals surface area contributed by atoms with Gasteiger partial charge in [-0.2, -0.15) is 0 Å². The van der Waals surface area contributed by atoms with Crippen LogP contribution in [0.1, 0.15) is 29.3 Å². The molecule has 1 aliphatic heterocycles. The molecule has 0 aliphatic carbocycles. The van der Waals surface area contributed by atoms with Crippen LogP contribution in [0, 0.1) is 13.8 Å². The minimum atomic E-state index is -0.739. The fraction of sp³-hybridized carbons (Fsp3) is 0.310. The molecule has 2 atom stereocenters. The molecule has 0 spiro atoms. The van der Waals surface area contributed by atoms with E-state index in [0.717, 1.165) is 45.2 Å². The smallest absolute Gasteiger partial charge is 0.227 e. The number of fused-ring (bicyclic) bond motifs is 1. The summed E-state index contributed by atoms with van der Waals surface area (Å²) in [5.41, 5.74) is 4.87. The summed E-state index contributed by atoms with van der Waals surface area (Å²) in [6.07, 6.45) is -0.373. The summed E-state index contributed by atoms with van der Waals surface area (Å²) < 4.78 is 13.2. The standard InChI is InChI=1S/C29H31N3O4/c1-19-12-20(2)14-25(13-19)36-18-23(33)17-32-27-7-5-4-6-26(27)30-29(32)21-15-28(34)31(16-21)22-8-10-24(35-3)11-9-22/h4-14,21,23,33H,15-18H2,1-3H3/t21-,23-/m0/s1. The lowest BCUT2D eigenvalue weighted by atomic mass is 10.1. The Hall–Kier alpha value is -3.84. The van der Waals surface area contributed by atoms with Crippen LogP contribution in [0.25, 0.3) is 11.0 Å². The molecule has 36 heavy (non-hydrogen) atoms. The molecule has 0 bridgehead atoms. The zero-order valence-electron chi connectivity index (χ0n) is 20.8. The van der Waals surface area contributed by atoms with E-state index in [1.807, 2.05) is 79.1 Å². The van der Waals surface area contributed by atoms with E-state index in [-0.39, 0.29) is 18.4 Å². The van der Waals surface area contributed by atoms with Crippen molar-refractivity contribution in [3.05, 3.63) is 83.7 Å². The van der Waals surface area contributed by atoms with Crippen LogP contribution in [0.5, 0.6) is 11.5 Å². The van der Waals surface area contributed by atoms with Crippen molar-refractivity contribution in [2.24, 2.45) is 0 Å². The van der Waals surface area contributed by atoms with Crippen molar-refractivity contribution in [1.82, 2.24) is 9.55 Å². The quantitative estimate of drug-likeness (QED) is 0.394. The number of carbonyl (C=O) groups excluding carboxylic acids is 1. The summed E-state index contributed by atoms with van der Waals surface area (Å²) in [6, 6.07) is 21.4. The van der Waals surface area contributed by atoms with Crippen LogP contribution < -0.4 is 14.4 Å². The SMILES string of the molecule is COc1ccc(N2C[C@@H](c3nc4ccccc4n3C[C@H](O)COc3cc(C)cc(C)c3)CC2=O)cc1. The number of aliphatic hydroxyl groups excluding tert-OH is 1. The number of benzene rings is 3. The fourth-order valence-electron chi connectivity index (χ4n) is 4.96. The molecule has 1 aliphatic rings. The maximum absolute atomic E-state index is 13.0. The third-order valence-corrected chi connectivity index (χ3v) is 6.59. The van der Waals surface area contributed by atoms with Gasteiger partial charge in [0.05, 0.1) is 24.7 Å². The van der Waals surface area contributed by atoms with Crippen molar-refractivity contribution in [3.63, 3.8) is 0 Å². The summed E-state index contributed by atoms with van der Waals surface area (Å²) in [5, 5.41) is 10.9. The van der Waals surface area contributed by atoms with Crippen molar-refractivity contribution in [2.75, 3.05) is 25.2 Å². The zero-order valence-corrected chi connectivity index (χ0v) is 20.8. The number of methoxy groups -OCH3 is 1. The Labute approximate surface area is 210 Å². The first-order valence-corrected chi connectivity index (χ1v) is 12.2. The van der Waals surface area contributed by atoms with Gasteiger partial charge < -0.3 is 24.0 Å². The third kappa shape index (κ3) is 4.93. The Balaban J connectivity index is 1.36. The molecule has 7 nitrogen and oxygen atoms in total. The van der Waals surface area contributed by atoms with Gasteiger partial charge in [-0.15, -0.1) is 0 Å². The molecule has 1 amide bonds. The average molecular weight is 486 g/mol. The molecule has 1 N–H and O–H groups in total. The van der Waals surface area contributed by atoms with E-state index in [2.05, 4.69) is 6.07 Å². The first-order chi connectivity index (χ1) is 17.4. The first kappa shape index (κ1) is 23.9. The van der Waals surface area contributed by atoms with E-state index >= 15 is 0 Å². The van der Waals surface area contributed by atoms with Gasteiger partial charge in [-0.25, -0.2) is 4.98 Å². The number of anilines is 1. The maximum Gasteiger partial charge on any atom is 0.227 e. The number of rotatable bonds is 8. The summed E-state index contributed by atoms with van der Waals surface area (Å²) in [6.45, 7) is 5.07. The van der Waals surface area contributed by atoms with Gasteiger partial charge in [0.25, 0.3) is 0 Å². The van der Waals surface area contributed by atoms with Crippen LogP contribution in [0.3, 0.4) is 0 Å². The minimum Gasteiger partial charge on any atom is -0.497 e. The fourth-order valence-corrected chi connectivity index (χ4v) is 4.96. The number of hydrogen-bond donors (Lipinski definition) is 1. The Bertz CT molecular complexity index is 1360. The third-order valence-electron chi connectivity index (χ3n) is 6.59. The van der Waals surface area contributed by atoms with Gasteiger partial charge in [0.1, 0.15) is 30.0 Å². The van der Waals surface area contributed by atoms with Gasteiger partial charge >= 0.3 is 0 Å². The molecule has 0 unspecified atom stereocenters. The lowest BCUT2D eigenvalue weighted by Gasteiger charge is -2.19. The minimum absolute atomic E-state index is 0.0578. The topological polar surface area (TPSA) is 76.8 Å². The van der Waals surface area contributed by atoms with Gasteiger partial charge in [0, 0.05) is 24.6 Å². The summed E-state index contributed by atoms with van der Waals surface area (Å²) in [7, 11) is 1.62. The van der Waals surface area contributed by atoms with E-state index in [1.165, 1.54) is 0 Å². The molecule has 3 aromatic carbocycles. The molecular weight excluding hydrogens is 454 g/mol. The number of aromatic nitrogens is 2.